The van der Waals surface area contributed by atoms with Crippen molar-refractivity contribution in [3.63, 3.8) is 0 Å². The van der Waals surface area contributed by atoms with Gasteiger partial charge in [0, 0.05) is 36.9 Å². The highest BCUT2D eigenvalue weighted by molar-refractivity contribution is 6.30. The van der Waals surface area contributed by atoms with Gasteiger partial charge < -0.3 is 9.84 Å². The van der Waals surface area contributed by atoms with Gasteiger partial charge in [0.05, 0.1) is 18.1 Å². The second kappa shape index (κ2) is 7.78. The van der Waals surface area contributed by atoms with Gasteiger partial charge in [-0.3, -0.25) is 19.8 Å². The van der Waals surface area contributed by atoms with Crippen LogP contribution >= 0.6 is 11.6 Å². The van der Waals surface area contributed by atoms with Crippen LogP contribution in [0.25, 0.3) is 0 Å². The van der Waals surface area contributed by atoms with Crippen molar-refractivity contribution in [3.05, 3.63) is 38.9 Å². The van der Waals surface area contributed by atoms with Gasteiger partial charge in [-0.25, -0.2) is 0 Å². The van der Waals surface area contributed by atoms with E-state index in [4.69, 9.17) is 21.4 Å². The van der Waals surface area contributed by atoms with Crippen molar-refractivity contribution in [3.8, 4) is 0 Å². The maximum atomic E-state index is 11.0. The lowest BCUT2D eigenvalue weighted by molar-refractivity contribution is -0.385. The van der Waals surface area contributed by atoms with E-state index in [9.17, 15) is 14.9 Å². The first kappa shape index (κ1) is 16.4. The average molecular weight is 303 g/mol. The van der Waals surface area contributed by atoms with Crippen LogP contribution in [0, 0.1) is 10.1 Å². The van der Waals surface area contributed by atoms with Gasteiger partial charge in [-0.1, -0.05) is 11.6 Å². The van der Waals surface area contributed by atoms with Crippen LogP contribution in [0.4, 0.5) is 5.69 Å². The minimum Gasteiger partial charge on any atom is -0.480 e. The van der Waals surface area contributed by atoms with Crippen LogP contribution in [-0.2, 0) is 16.1 Å². The number of nitro groups is 1. The molecule has 0 radical (unpaired) electrons. The summed E-state index contributed by atoms with van der Waals surface area (Å²) in [6, 6.07) is 4.22. The predicted molar refractivity (Wildman–Crippen MR) is 72.9 cm³/mol. The van der Waals surface area contributed by atoms with Gasteiger partial charge in [0.15, 0.2) is 0 Å². The lowest BCUT2D eigenvalue weighted by Crippen LogP contribution is -2.32. The molecule has 0 aliphatic heterocycles. The third-order valence-corrected chi connectivity index (χ3v) is 2.84. The van der Waals surface area contributed by atoms with Crippen LogP contribution in [0.15, 0.2) is 18.2 Å². The van der Waals surface area contributed by atoms with Crippen LogP contribution < -0.4 is 0 Å². The van der Waals surface area contributed by atoms with E-state index in [1.54, 1.807) is 4.90 Å². The van der Waals surface area contributed by atoms with E-state index in [1.807, 2.05) is 0 Å². The average Bonchev–Trinajstić information content (AvgIpc) is 2.35. The number of rotatable bonds is 8. The van der Waals surface area contributed by atoms with E-state index in [0.717, 1.165) is 0 Å². The molecule has 0 spiro atoms. The lowest BCUT2D eigenvalue weighted by atomic mass is 10.1. The standard InChI is InChI=1S/C12H15ClN2O5/c1-20-5-4-14(8-12(16)17)7-9-6-10(13)2-3-11(9)15(18)19/h2-3,6H,4-5,7-8H2,1H3,(H,16,17). The molecule has 8 heteroatoms. The summed E-state index contributed by atoms with van der Waals surface area (Å²) in [4.78, 5) is 22.8. The Morgan fingerprint density at radius 1 is 1.55 bits per heavy atom. The maximum Gasteiger partial charge on any atom is 0.317 e. The predicted octanol–water partition coefficient (Wildman–Crippen LogP) is 1.78. The van der Waals surface area contributed by atoms with Crippen LogP contribution in [0.5, 0.6) is 0 Å². The number of nitro benzene ring substituents is 1. The Labute approximate surface area is 120 Å². The zero-order valence-corrected chi connectivity index (χ0v) is 11.7. The number of carboxylic acid groups (broad SMARTS) is 1. The fourth-order valence-corrected chi connectivity index (χ4v) is 1.92. The Balaban J connectivity index is 2.93. The summed E-state index contributed by atoms with van der Waals surface area (Å²) < 4.78 is 4.90. The topological polar surface area (TPSA) is 92.9 Å². The fourth-order valence-electron chi connectivity index (χ4n) is 1.73. The second-order valence-corrected chi connectivity index (χ2v) is 4.56. The first-order valence-corrected chi connectivity index (χ1v) is 6.17. The molecule has 0 atom stereocenters. The maximum absolute atomic E-state index is 11.0. The number of benzene rings is 1. The SMILES string of the molecule is COCCN(CC(=O)O)Cc1cc(Cl)ccc1[N+](=O)[O-]. The molecule has 0 unspecified atom stereocenters. The molecule has 0 saturated carbocycles. The summed E-state index contributed by atoms with van der Waals surface area (Å²) in [5, 5.41) is 20.2. The molecule has 1 aromatic carbocycles. The zero-order valence-electron chi connectivity index (χ0n) is 10.9. The molecular formula is C12H15ClN2O5. The fraction of sp³-hybridized carbons (Fsp3) is 0.417. The normalized spacial score (nSPS) is 10.8. The van der Waals surface area contributed by atoms with E-state index >= 15 is 0 Å². The summed E-state index contributed by atoms with van der Waals surface area (Å²) >= 11 is 5.83. The van der Waals surface area contributed by atoms with Crippen LogP contribution in [0.3, 0.4) is 0 Å². The quantitative estimate of drug-likeness (QED) is 0.581. The van der Waals surface area contributed by atoms with E-state index in [-0.39, 0.29) is 18.8 Å². The van der Waals surface area contributed by atoms with E-state index in [0.29, 0.717) is 23.7 Å². The third-order valence-electron chi connectivity index (χ3n) is 2.60. The molecule has 7 nitrogen and oxygen atoms in total. The second-order valence-electron chi connectivity index (χ2n) is 4.13. The Morgan fingerprint density at radius 2 is 2.25 bits per heavy atom. The molecular weight excluding hydrogens is 288 g/mol. The number of carboxylic acids is 1. The molecule has 0 saturated heterocycles. The molecule has 20 heavy (non-hydrogen) atoms. The molecule has 1 aromatic rings. The molecule has 0 heterocycles. The van der Waals surface area contributed by atoms with Crippen LogP contribution in [0.2, 0.25) is 5.02 Å². The molecule has 0 aliphatic rings. The summed E-state index contributed by atoms with van der Waals surface area (Å²) in [7, 11) is 1.50. The first-order valence-electron chi connectivity index (χ1n) is 5.80. The lowest BCUT2D eigenvalue weighted by Gasteiger charge is -2.19. The molecule has 0 amide bonds. The number of nitrogens with zero attached hydrogens (tertiary/aromatic N) is 2. The number of methoxy groups -OCH3 is 1. The Kier molecular flexibility index (Phi) is 6.37. The Hall–Kier alpha value is -1.70. The molecule has 0 aromatic heterocycles. The van der Waals surface area contributed by atoms with Gasteiger partial charge in [-0.05, 0) is 12.1 Å². The van der Waals surface area contributed by atoms with Gasteiger partial charge in [-0.15, -0.1) is 0 Å². The molecule has 110 valence electrons. The van der Waals surface area contributed by atoms with Crippen molar-refractivity contribution in [2.24, 2.45) is 0 Å². The van der Waals surface area contributed by atoms with Crippen molar-refractivity contribution >= 4 is 23.3 Å². The summed E-state index contributed by atoms with van der Waals surface area (Å²) in [6.45, 7) is 0.577. The molecule has 1 N–H and O–H groups in total. The minimum absolute atomic E-state index is 0.0813. The van der Waals surface area contributed by atoms with Crippen LogP contribution in [-0.4, -0.2) is 47.7 Å². The Morgan fingerprint density at radius 3 is 2.80 bits per heavy atom. The zero-order chi connectivity index (χ0) is 15.1. The van der Waals surface area contributed by atoms with Gasteiger partial charge in [0.2, 0.25) is 0 Å². The number of hydrogen-bond donors (Lipinski definition) is 1. The smallest absolute Gasteiger partial charge is 0.317 e. The molecule has 0 bridgehead atoms. The minimum atomic E-state index is -1.01. The summed E-state index contributed by atoms with van der Waals surface area (Å²) in [6.07, 6.45) is 0. The summed E-state index contributed by atoms with van der Waals surface area (Å²) in [5.74, 6) is -1.01. The van der Waals surface area contributed by atoms with Crippen molar-refractivity contribution in [2.75, 3.05) is 26.8 Å². The number of ether oxygens (including phenoxy) is 1. The van der Waals surface area contributed by atoms with E-state index in [1.165, 1.54) is 25.3 Å². The van der Waals surface area contributed by atoms with Crippen LogP contribution in [0.1, 0.15) is 5.56 Å². The highest BCUT2D eigenvalue weighted by Crippen LogP contribution is 2.24. The number of carbonyl (C=O) groups is 1. The third kappa shape index (κ3) is 5.12. The number of hydrogen-bond acceptors (Lipinski definition) is 5. The Bertz CT molecular complexity index is 495. The van der Waals surface area contributed by atoms with E-state index < -0.39 is 10.9 Å². The van der Waals surface area contributed by atoms with E-state index in [2.05, 4.69) is 0 Å². The van der Waals surface area contributed by atoms with Crippen molar-refractivity contribution in [1.82, 2.24) is 4.90 Å². The van der Waals surface area contributed by atoms with Gasteiger partial charge in [-0.2, -0.15) is 0 Å². The van der Waals surface area contributed by atoms with Crippen molar-refractivity contribution < 1.29 is 19.6 Å². The molecule has 0 aliphatic carbocycles. The summed E-state index contributed by atoms with van der Waals surface area (Å²) in [5.41, 5.74) is 0.294. The van der Waals surface area contributed by atoms with Gasteiger partial charge in [0.1, 0.15) is 0 Å². The molecule has 0 fully saturated rings. The van der Waals surface area contributed by atoms with Crippen molar-refractivity contribution in [2.45, 2.75) is 6.54 Å². The first-order chi connectivity index (χ1) is 9.43. The highest BCUT2D eigenvalue weighted by Gasteiger charge is 2.18. The number of aliphatic carboxylic acids is 1. The largest absolute Gasteiger partial charge is 0.480 e. The number of halogens is 1. The van der Waals surface area contributed by atoms with Crippen molar-refractivity contribution in [1.29, 1.82) is 0 Å². The molecule has 1 rings (SSSR count). The highest BCUT2D eigenvalue weighted by atomic mass is 35.5. The monoisotopic (exact) mass is 302 g/mol. The van der Waals surface area contributed by atoms with Gasteiger partial charge in [0.25, 0.3) is 5.69 Å². The van der Waals surface area contributed by atoms with Gasteiger partial charge >= 0.3 is 5.97 Å².